The summed E-state index contributed by atoms with van der Waals surface area (Å²) in [4.78, 5) is 0. The molecule has 388 valence electrons. The van der Waals surface area contributed by atoms with Gasteiger partial charge in [-0.3, -0.25) is 13.7 Å². The fraction of sp³-hybridized carbons (Fsp3) is 1.00. The van der Waals surface area contributed by atoms with Crippen LogP contribution >= 0.6 is 0 Å². The lowest BCUT2D eigenvalue weighted by Crippen LogP contribution is -2.65. The molecule has 23 heteroatoms. The summed E-state index contributed by atoms with van der Waals surface area (Å²) >= 11 is 0. The highest BCUT2D eigenvalue weighted by Gasteiger charge is 2.53. The van der Waals surface area contributed by atoms with E-state index in [0.29, 0.717) is 0 Å². The maximum atomic E-state index is 11.6. The first-order valence-electron chi connectivity index (χ1n) is 24.0. The quantitative estimate of drug-likeness (QED) is 0.0278. The largest absolute Gasteiger partial charge is 0.397 e. The number of aliphatic hydroxyl groups excluding tert-OH is 4. The molecule has 0 unspecified atom stereocenters. The van der Waals surface area contributed by atoms with Crippen molar-refractivity contribution in [1.29, 1.82) is 0 Å². The van der Waals surface area contributed by atoms with Gasteiger partial charge in [-0.1, -0.05) is 168 Å². The fourth-order valence-corrected chi connectivity index (χ4v) is 9.42. The van der Waals surface area contributed by atoms with Gasteiger partial charge in [0.15, 0.2) is 12.6 Å². The molecule has 0 aromatic rings. The van der Waals surface area contributed by atoms with Gasteiger partial charge in [0.1, 0.15) is 48.8 Å². The molecule has 10 atom stereocenters. The molecule has 2 fully saturated rings. The smallest absolute Gasteiger partial charge is 0.387 e. The van der Waals surface area contributed by atoms with Crippen LogP contribution in [0.5, 0.6) is 0 Å². The Morgan fingerprint density at radius 1 is 0.446 bits per heavy atom. The van der Waals surface area contributed by atoms with E-state index < -0.39 is 106 Å². The van der Waals surface area contributed by atoms with Crippen molar-refractivity contribution >= 4 is 31.2 Å². The van der Waals surface area contributed by atoms with E-state index in [4.69, 9.17) is 23.5 Å². The maximum absolute atomic E-state index is 11.6. The molecule has 20 nitrogen and oxygen atoms in total. The molecule has 2 rings (SSSR count). The van der Waals surface area contributed by atoms with Crippen LogP contribution in [0.2, 0.25) is 0 Å². The third-order valence-electron chi connectivity index (χ3n) is 12.0. The monoisotopic (exact) mass is 1000 g/mol. The van der Waals surface area contributed by atoms with E-state index in [1.165, 1.54) is 116 Å². The van der Waals surface area contributed by atoms with Gasteiger partial charge in [0.2, 0.25) is 0 Å². The van der Waals surface area contributed by atoms with Crippen molar-refractivity contribution in [1.82, 2.24) is 0 Å². The van der Waals surface area contributed by atoms with Crippen molar-refractivity contribution in [2.24, 2.45) is 5.92 Å². The maximum Gasteiger partial charge on any atom is 0.397 e. The SMILES string of the molecule is CCCCCCCCCCCCCCC(CCCCCCCCCCCCCC)CO[C@@H]1O[C@H](COS(=O)(=O)O)[C@@H](O[C@@H]2O[C@H](COS(=O)(=O)O)[C@@H](O)[C@H](OS(=O)(=O)O)[C@H]2O)[C@H](O)[C@H]1O. The van der Waals surface area contributed by atoms with Gasteiger partial charge >= 0.3 is 31.2 Å². The summed E-state index contributed by atoms with van der Waals surface area (Å²) in [5, 5.41) is 44.1. The lowest BCUT2D eigenvalue weighted by Gasteiger charge is -2.46. The molecule has 0 bridgehead atoms. The molecule has 2 aliphatic rings. The summed E-state index contributed by atoms with van der Waals surface area (Å²) < 4.78 is 132. The number of ether oxygens (including phenoxy) is 4. The molecular formula is C42H82O20S3. The zero-order valence-corrected chi connectivity index (χ0v) is 41.0. The second-order valence-corrected chi connectivity index (χ2v) is 20.8. The summed E-state index contributed by atoms with van der Waals surface area (Å²) in [5.74, 6) is 0.0505. The van der Waals surface area contributed by atoms with Crippen molar-refractivity contribution in [3.8, 4) is 0 Å². The Hall–Kier alpha value is -0.710. The molecule has 2 heterocycles. The van der Waals surface area contributed by atoms with E-state index >= 15 is 0 Å². The van der Waals surface area contributed by atoms with Gasteiger partial charge in [0, 0.05) is 0 Å². The fourth-order valence-electron chi connectivity index (χ4n) is 8.30. The van der Waals surface area contributed by atoms with Crippen molar-refractivity contribution in [2.75, 3.05) is 19.8 Å². The first-order chi connectivity index (χ1) is 30.8. The third kappa shape index (κ3) is 27.3. The molecule has 0 spiro atoms. The summed E-state index contributed by atoms with van der Waals surface area (Å²) in [6.45, 7) is 2.27. The Balaban J connectivity index is 2.10. The molecule has 0 aromatic heterocycles. The van der Waals surface area contributed by atoms with E-state index in [-0.39, 0.29) is 12.5 Å². The van der Waals surface area contributed by atoms with Gasteiger partial charge in [0.05, 0.1) is 19.8 Å². The Morgan fingerprint density at radius 3 is 1.23 bits per heavy atom. The van der Waals surface area contributed by atoms with Crippen LogP contribution < -0.4 is 0 Å². The minimum atomic E-state index is -5.41. The van der Waals surface area contributed by atoms with Gasteiger partial charge < -0.3 is 39.4 Å². The van der Waals surface area contributed by atoms with Crippen LogP contribution in [0.1, 0.15) is 181 Å². The van der Waals surface area contributed by atoms with Gasteiger partial charge in [-0.2, -0.15) is 25.3 Å². The molecule has 0 radical (unpaired) electrons. The lowest BCUT2D eigenvalue weighted by molar-refractivity contribution is -0.357. The van der Waals surface area contributed by atoms with Crippen molar-refractivity contribution in [3.05, 3.63) is 0 Å². The number of hydrogen-bond donors (Lipinski definition) is 7. The van der Waals surface area contributed by atoms with Crippen LogP contribution in [0.4, 0.5) is 0 Å². The van der Waals surface area contributed by atoms with Crippen molar-refractivity contribution in [2.45, 2.75) is 242 Å². The summed E-state index contributed by atoms with van der Waals surface area (Å²) in [5.41, 5.74) is 0. The Bertz CT molecular complexity index is 1530. The van der Waals surface area contributed by atoms with E-state index in [1.54, 1.807) is 0 Å². The molecule has 2 saturated heterocycles. The predicted octanol–water partition coefficient (Wildman–Crippen LogP) is 5.91. The Kier molecular flexibility index (Phi) is 30.7. The number of rotatable bonds is 39. The standard InChI is InChI=1S/C42H82O20S3/c1-3-5-7-9-11-13-15-17-19-21-23-25-27-32(28-26-24-22-20-18-16-14-12-10-8-6-4-2)29-56-41-37(45)36(44)39(34(60-41)31-58-64(50,51)52)61-42-38(46)40(62-65(53,54)55)35(43)33(59-42)30-57-63(47,48)49/h32-46H,3-31H2,1-2H3,(H,47,48,49)(H,50,51,52)(H,53,54,55)/t33-,34-,35-,36-,37-,38-,39-,40+,41-,42+/m1/s1. The van der Waals surface area contributed by atoms with Crippen molar-refractivity contribution in [3.63, 3.8) is 0 Å². The second-order valence-electron chi connectivity index (χ2n) is 17.6. The molecule has 0 saturated carbocycles. The average molecular weight is 1000 g/mol. The van der Waals surface area contributed by atoms with Crippen LogP contribution in [0.25, 0.3) is 0 Å². The summed E-state index contributed by atoms with van der Waals surface area (Å²) in [7, 11) is -15.7. The second kappa shape index (κ2) is 33.0. The average Bonchev–Trinajstić information content (AvgIpc) is 3.23. The lowest BCUT2D eigenvalue weighted by atomic mass is 9.94. The first-order valence-corrected chi connectivity index (χ1v) is 28.0. The van der Waals surface area contributed by atoms with E-state index in [2.05, 4.69) is 26.4 Å². The number of hydrogen-bond acceptors (Lipinski definition) is 17. The van der Waals surface area contributed by atoms with Gasteiger partial charge in [-0.15, -0.1) is 0 Å². The third-order valence-corrected chi connectivity index (χ3v) is 13.3. The van der Waals surface area contributed by atoms with Gasteiger partial charge in [0.25, 0.3) is 0 Å². The van der Waals surface area contributed by atoms with E-state index in [9.17, 15) is 54.8 Å². The highest BCUT2D eigenvalue weighted by atomic mass is 32.3. The Morgan fingerprint density at radius 2 is 0.831 bits per heavy atom. The molecule has 0 aromatic carbocycles. The van der Waals surface area contributed by atoms with E-state index in [1.807, 2.05) is 0 Å². The van der Waals surface area contributed by atoms with Crippen LogP contribution in [0, 0.1) is 5.92 Å². The number of unbranched alkanes of at least 4 members (excludes halogenated alkanes) is 22. The molecular weight excluding hydrogens is 921 g/mol. The first kappa shape index (κ1) is 60.4. The van der Waals surface area contributed by atoms with Gasteiger partial charge in [-0.05, 0) is 18.8 Å². The molecule has 65 heavy (non-hydrogen) atoms. The highest BCUT2D eigenvalue weighted by molar-refractivity contribution is 7.81. The van der Waals surface area contributed by atoms with Crippen molar-refractivity contribution < 1.29 is 90.8 Å². The molecule has 0 aliphatic carbocycles. The number of aliphatic hydroxyl groups is 4. The van der Waals surface area contributed by atoms with Gasteiger partial charge in [-0.25, -0.2) is 12.5 Å². The predicted molar refractivity (Wildman–Crippen MR) is 238 cm³/mol. The topological polar surface area (TPSA) is 309 Å². The molecule has 2 aliphatic heterocycles. The van der Waals surface area contributed by atoms with E-state index in [0.717, 1.165) is 51.4 Å². The zero-order valence-electron chi connectivity index (χ0n) is 38.5. The van der Waals surface area contributed by atoms with Crippen LogP contribution in [0.15, 0.2) is 0 Å². The summed E-state index contributed by atoms with van der Waals surface area (Å²) in [6.07, 6.45) is 10.3. The van der Waals surface area contributed by atoms with Crippen LogP contribution in [-0.4, -0.2) is 141 Å². The molecule has 7 N–H and O–H groups in total. The zero-order chi connectivity index (χ0) is 48.3. The van der Waals surface area contributed by atoms with Crippen LogP contribution in [-0.2, 0) is 62.7 Å². The normalized spacial score (nSPS) is 26.9. The highest BCUT2D eigenvalue weighted by Crippen LogP contribution is 2.32. The van der Waals surface area contributed by atoms with Crippen LogP contribution in [0.3, 0.4) is 0 Å². The Labute approximate surface area is 388 Å². The molecule has 0 amide bonds. The minimum absolute atomic E-state index is 0.0505. The minimum Gasteiger partial charge on any atom is -0.387 e. The summed E-state index contributed by atoms with van der Waals surface area (Å²) in [6, 6.07) is 0.